The molecule has 2 aromatic rings. The van der Waals surface area contributed by atoms with Crippen LogP contribution in [0.3, 0.4) is 0 Å². The van der Waals surface area contributed by atoms with E-state index < -0.39 is 0 Å². The number of anilines is 1. The summed E-state index contributed by atoms with van der Waals surface area (Å²) in [5, 5.41) is 10.4. The van der Waals surface area contributed by atoms with Crippen LogP contribution in [0.2, 0.25) is 0 Å². The summed E-state index contributed by atoms with van der Waals surface area (Å²) in [4.78, 5) is 12.1. The fraction of sp³-hybridized carbons (Fsp3) is 0.571. The molecule has 0 aliphatic carbocycles. The molecule has 1 N–H and O–H groups in total. The molecule has 0 amide bonds. The van der Waals surface area contributed by atoms with E-state index in [-0.39, 0.29) is 6.61 Å². The summed E-state index contributed by atoms with van der Waals surface area (Å²) < 4.78 is 2.01. The Balaban J connectivity index is 2.20. The fourth-order valence-corrected chi connectivity index (χ4v) is 3.03. The van der Waals surface area contributed by atoms with Crippen molar-refractivity contribution < 1.29 is 5.11 Å². The van der Waals surface area contributed by atoms with Crippen molar-refractivity contribution in [1.82, 2.24) is 14.5 Å². The van der Waals surface area contributed by atoms with Gasteiger partial charge < -0.3 is 14.6 Å². The molecule has 5 nitrogen and oxygen atoms in total. The van der Waals surface area contributed by atoms with Gasteiger partial charge in [0, 0.05) is 26.5 Å². The van der Waals surface area contributed by atoms with Crippen LogP contribution in [0.1, 0.15) is 42.6 Å². The molecule has 0 aliphatic rings. The predicted octanol–water partition coefficient (Wildman–Crippen LogP) is 2.52. The highest BCUT2D eigenvalue weighted by molar-refractivity contribution is 7.15. The van der Waals surface area contributed by atoms with Gasteiger partial charge in [0.25, 0.3) is 0 Å². The monoisotopic (exact) mass is 294 g/mol. The number of aromatic nitrogens is 3. The standard InChI is InChI=1S/C14H22N4OS/c1-5-10(2)13-11(9-19)20-14(16-13)18(4)8-12-15-6-7-17(12)3/h6-7,10,19H,5,8-9H2,1-4H3. The average Bonchev–Trinajstić information content (AvgIpc) is 3.04. The van der Waals surface area contributed by atoms with Gasteiger partial charge >= 0.3 is 0 Å². The number of rotatable bonds is 6. The smallest absolute Gasteiger partial charge is 0.186 e. The summed E-state index contributed by atoms with van der Waals surface area (Å²) in [6.07, 6.45) is 4.77. The summed E-state index contributed by atoms with van der Waals surface area (Å²) in [5.74, 6) is 1.38. The Labute approximate surface area is 123 Å². The highest BCUT2D eigenvalue weighted by Gasteiger charge is 2.18. The summed E-state index contributed by atoms with van der Waals surface area (Å²) >= 11 is 1.57. The lowest BCUT2D eigenvalue weighted by molar-refractivity contribution is 0.283. The average molecular weight is 294 g/mol. The van der Waals surface area contributed by atoms with Gasteiger partial charge in [-0.15, -0.1) is 0 Å². The minimum atomic E-state index is 0.0631. The molecular weight excluding hydrogens is 272 g/mol. The Hall–Kier alpha value is -1.40. The van der Waals surface area contributed by atoms with Crippen LogP contribution in [0.4, 0.5) is 5.13 Å². The summed E-state index contributed by atoms with van der Waals surface area (Å²) in [6.45, 7) is 5.06. The summed E-state index contributed by atoms with van der Waals surface area (Å²) in [7, 11) is 4.00. The molecule has 0 radical (unpaired) electrons. The first-order valence-electron chi connectivity index (χ1n) is 6.84. The molecule has 0 saturated carbocycles. The molecule has 0 aromatic carbocycles. The second-order valence-corrected chi connectivity index (χ2v) is 6.14. The van der Waals surface area contributed by atoms with Gasteiger partial charge in [0.1, 0.15) is 5.82 Å². The number of hydrogen-bond donors (Lipinski definition) is 1. The van der Waals surface area contributed by atoms with Crippen molar-refractivity contribution in [2.24, 2.45) is 7.05 Å². The van der Waals surface area contributed by atoms with Crippen LogP contribution >= 0.6 is 11.3 Å². The van der Waals surface area contributed by atoms with E-state index in [9.17, 15) is 5.11 Å². The molecule has 20 heavy (non-hydrogen) atoms. The number of thiazole rings is 1. The van der Waals surface area contributed by atoms with Crippen molar-refractivity contribution in [3.05, 3.63) is 28.8 Å². The van der Waals surface area contributed by atoms with E-state index >= 15 is 0 Å². The Bertz CT molecular complexity index is 563. The van der Waals surface area contributed by atoms with Crippen molar-refractivity contribution in [3.8, 4) is 0 Å². The molecule has 0 aliphatic heterocycles. The maximum absolute atomic E-state index is 9.49. The minimum absolute atomic E-state index is 0.0631. The second kappa shape index (κ2) is 6.37. The zero-order chi connectivity index (χ0) is 14.7. The maximum atomic E-state index is 9.49. The molecular formula is C14H22N4OS. The SMILES string of the molecule is CCC(C)c1nc(N(C)Cc2nccn2C)sc1CO. The Morgan fingerprint density at radius 1 is 1.50 bits per heavy atom. The summed E-state index contributed by atoms with van der Waals surface area (Å²) in [6, 6.07) is 0. The van der Waals surface area contributed by atoms with Gasteiger partial charge in [0.15, 0.2) is 5.13 Å². The lowest BCUT2D eigenvalue weighted by Gasteiger charge is -2.15. The first-order chi connectivity index (χ1) is 9.56. The quantitative estimate of drug-likeness (QED) is 0.889. The van der Waals surface area contributed by atoms with Crippen LogP contribution in [-0.2, 0) is 20.2 Å². The van der Waals surface area contributed by atoms with Crippen molar-refractivity contribution in [1.29, 1.82) is 0 Å². The van der Waals surface area contributed by atoms with E-state index in [1.54, 1.807) is 17.5 Å². The van der Waals surface area contributed by atoms with Crippen LogP contribution in [0.5, 0.6) is 0 Å². The lowest BCUT2D eigenvalue weighted by Crippen LogP contribution is -2.18. The molecule has 0 fully saturated rings. The predicted molar refractivity (Wildman–Crippen MR) is 82.1 cm³/mol. The highest BCUT2D eigenvalue weighted by atomic mass is 32.1. The van der Waals surface area contributed by atoms with Crippen molar-refractivity contribution in [2.75, 3.05) is 11.9 Å². The number of aliphatic hydroxyl groups is 1. The normalized spacial score (nSPS) is 12.7. The van der Waals surface area contributed by atoms with Gasteiger partial charge in [-0.3, -0.25) is 0 Å². The molecule has 110 valence electrons. The molecule has 0 saturated heterocycles. The fourth-order valence-electron chi connectivity index (χ4n) is 2.03. The summed E-state index contributed by atoms with van der Waals surface area (Å²) in [5.41, 5.74) is 1.03. The zero-order valence-electron chi connectivity index (χ0n) is 12.5. The highest BCUT2D eigenvalue weighted by Crippen LogP contribution is 2.32. The second-order valence-electron chi connectivity index (χ2n) is 5.08. The van der Waals surface area contributed by atoms with Gasteiger partial charge in [0.2, 0.25) is 0 Å². The van der Waals surface area contributed by atoms with Crippen molar-refractivity contribution >= 4 is 16.5 Å². The molecule has 2 heterocycles. The Morgan fingerprint density at radius 2 is 2.25 bits per heavy atom. The van der Waals surface area contributed by atoms with Crippen molar-refractivity contribution in [3.63, 3.8) is 0 Å². The van der Waals surface area contributed by atoms with E-state index in [4.69, 9.17) is 4.98 Å². The molecule has 0 spiro atoms. The third-order valence-electron chi connectivity index (χ3n) is 3.57. The van der Waals surface area contributed by atoms with E-state index in [0.717, 1.165) is 27.9 Å². The van der Waals surface area contributed by atoms with Crippen LogP contribution in [-0.4, -0.2) is 26.7 Å². The number of imidazole rings is 1. The van der Waals surface area contributed by atoms with Crippen LogP contribution < -0.4 is 4.90 Å². The van der Waals surface area contributed by atoms with Gasteiger partial charge in [-0.25, -0.2) is 9.97 Å². The molecule has 2 rings (SSSR count). The lowest BCUT2D eigenvalue weighted by atomic mass is 10.0. The molecule has 1 unspecified atom stereocenters. The van der Waals surface area contributed by atoms with E-state index in [1.165, 1.54) is 0 Å². The van der Waals surface area contributed by atoms with Crippen LogP contribution in [0, 0.1) is 0 Å². The van der Waals surface area contributed by atoms with Gasteiger partial charge in [0.05, 0.1) is 23.7 Å². The van der Waals surface area contributed by atoms with Gasteiger partial charge in [-0.2, -0.15) is 0 Å². The topological polar surface area (TPSA) is 54.2 Å². The third-order valence-corrected chi connectivity index (χ3v) is 4.74. The van der Waals surface area contributed by atoms with Crippen LogP contribution in [0.25, 0.3) is 0 Å². The van der Waals surface area contributed by atoms with Crippen molar-refractivity contribution in [2.45, 2.75) is 39.3 Å². The minimum Gasteiger partial charge on any atom is -0.391 e. The third kappa shape index (κ3) is 3.02. The van der Waals surface area contributed by atoms with Gasteiger partial charge in [-0.05, 0) is 12.3 Å². The van der Waals surface area contributed by atoms with E-state index in [0.29, 0.717) is 12.5 Å². The number of hydrogen-bond acceptors (Lipinski definition) is 5. The molecule has 1 atom stereocenters. The molecule has 0 bridgehead atoms. The molecule has 6 heteroatoms. The first-order valence-corrected chi connectivity index (χ1v) is 7.66. The van der Waals surface area contributed by atoms with Crippen LogP contribution in [0.15, 0.2) is 12.4 Å². The molecule has 2 aromatic heterocycles. The number of aryl methyl sites for hydroxylation is 1. The maximum Gasteiger partial charge on any atom is 0.186 e. The van der Waals surface area contributed by atoms with Gasteiger partial charge in [-0.1, -0.05) is 25.2 Å². The first kappa shape index (κ1) is 15.0. The largest absolute Gasteiger partial charge is 0.391 e. The number of nitrogens with zero attached hydrogens (tertiary/aromatic N) is 4. The van der Waals surface area contributed by atoms with E-state index in [2.05, 4.69) is 23.7 Å². The Kier molecular flexibility index (Phi) is 4.77. The Morgan fingerprint density at radius 3 is 2.80 bits per heavy atom. The van der Waals surface area contributed by atoms with E-state index in [1.807, 2.05) is 24.9 Å². The number of aliphatic hydroxyl groups excluding tert-OH is 1. The zero-order valence-corrected chi connectivity index (χ0v) is 13.3.